The normalized spacial score (nSPS) is 13.9. The van der Waals surface area contributed by atoms with Crippen LogP contribution in [-0.4, -0.2) is 20.6 Å². The van der Waals surface area contributed by atoms with Crippen molar-refractivity contribution in [1.82, 2.24) is 4.57 Å². The first-order chi connectivity index (χ1) is 15.0. The SMILES string of the molecule is Cn1cc(/C=C2\Oc3cc(O)cc(O)c3C2=O)c2c(-c3cccc(C#N)c3)cccc21. The molecule has 1 aliphatic rings. The maximum Gasteiger partial charge on any atom is 0.235 e. The molecule has 5 rings (SSSR count). The summed E-state index contributed by atoms with van der Waals surface area (Å²) in [5.74, 6) is -0.779. The van der Waals surface area contributed by atoms with Gasteiger partial charge in [0.25, 0.3) is 0 Å². The highest BCUT2D eigenvalue weighted by Gasteiger charge is 2.31. The smallest absolute Gasteiger partial charge is 0.235 e. The van der Waals surface area contributed by atoms with E-state index in [4.69, 9.17) is 4.74 Å². The molecule has 0 saturated carbocycles. The van der Waals surface area contributed by atoms with Gasteiger partial charge in [-0.3, -0.25) is 4.79 Å². The number of fused-ring (bicyclic) bond motifs is 2. The van der Waals surface area contributed by atoms with Crippen molar-refractivity contribution in [3.8, 4) is 34.4 Å². The number of nitriles is 1. The van der Waals surface area contributed by atoms with Crippen molar-refractivity contribution in [2.24, 2.45) is 7.05 Å². The average Bonchev–Trinajstić information content (AvgIpc) is 3.24. The number of aryl methyl sites for hydroxylation is 1. The van der Waals surface area contributed by atoms with E-state index in [0.29, 0.717) is 5.56 Å². The summed E-state index contributed by atoms with van der Waals surface area (Å²) in [6.45, 7) is 0. The van der Waals surface area contributed by atoms with Crippen LogP contribution in [0.5, 0.6) is 17.2 Å². The number of nitrogens with zero attached hydrogens (tertiary/aromatic N) is 2. The van der Waals surface area contributed by atoms with Gasteiger partial charge in [-0.2, -0.15) is 5.26 Å². The fraction of sp³-hybridized carbons (Fsp3) is 0.0400. The number of phenols is 2. The summed E-state index contributed by atoms with van der Waals surface area (Å²) >= 11 is 0. The molecule has 1 aromatic heterocycles. The molecule has 3 aromatic carbocycles. The van der Waals surface area contributed by atoms with Crippen molar-refractivity contribution in [3.63, 3.8) is 0 Å². The van der Waals surface area contributed by atoms with Crippen molar-refractivity contribution >= 4 is 22.8 Å². The predicted molar refractivity (Wildman–Crippen MR) is 116 cm³/mol. The van der Waals surface area contributed by atoms with Gasteiger partial charge in [-0.25, -0.2) is 0 Å². The van der Waals surface area contributed by atoms with Crippen LogP contribution in [-0.2, 0) is 7.05 Å². The van der Waals surface area contributed by atoms with E-state index in [9.17, 15) is 20.3 Å². The van der Waals surface area contributed by atoms with Crippen LogP contribution in [0.25, 0.3) is 28.1 Å². The van der Waals surface area contributed by atoms with Gasteiger partial charge in [0.1, 0.15) is 22.8 Å². The Balaban J connectivity index is 1.69. The molecule has 6 nitrogen and oxygen atoms in total. The number of carbonyl (C=O) groups excluding carboxylic acids is 1. The van der Waals surface area contributed by atoms with Crippen molar-refractivity contribution < 1.29 is 19.7 Å². The lowest BCUT2D eigenvalue weighted by molar-refractivity contribution is 0.101. The third-order valence-corrected chi connectivity index (χ3v) is 5.37. The van der Waals surface area contributed by atoms with E-state index < -0.39 is 5.78 Å². The van der Waals surface area contributed by atoms with Crippen molar-refractivity contribution in [1.29, 1.82) is 5.26 Å². The number of Topliss-reactive ketones (excluding diaryl/α,β-unsaturated/α-hetero) is 1. The molecule has 0 bridgehead atoms. The maximum absolute atomic E-state index is 12.8. The minimum absolute atomic E-state index is 0.0335. The highest BCUT2D eigenvalue weighted by molar-refractivity contribution is 6.17. The molecule has 0 fully saturated rings. The zero-order chi connectivity index (χ0) is 21.7. The minimum atomic E-state index is -0.450. The molecule has 2 heterocycles. The zero-order valence-corrected chi connectivity index (χ0v) is 16.5. The molecule has 4 aromatic rings. The quantitative estimate of drug-likeness (QED) is 0.467. The number of rotatable bonds is 2. The summed E-state index contributed by atoms with van der Waals surface area (Å²) in [5.41, 5.74) is 4.12. The summed E-state index contributed by atoms with van der Waals surface area (Å²) in [7, 11) is 1.91. The second kappa shape index (κ2) is 6.78. The molecule has 0 unspecified atom stereocenters. The second-order valence-electron chi connectivity index (χ2n) is 7.37. The fourth-order valence-corrected chi connectivity index (χ4v) is 4.01. The average molecular weight is 408 g/mol. The van der Waals surface area contributed by atoms with Crippen LogP contribution in [0.1, 0.15) is 21.5 Å². The Kier molecular flexibility index (Phi) is 4.05. The second-order valence-corrected chi connectivity index (χ2v) is 7.37. The zero-order valence-electron chi connectivity index (χ0n) is 16.5. The number of hydrogen-bond acceptors (Lipinski definition) is 5. The van der Waals surface area contributed by atoms with Crippen LogP contribution in [0, 0.1) is 11.3 Å². The van der Waals surface area contributed by atoms with E-state index in [1.165, 1.54) is 6.07 Å². The van der Waals surface area contributed by atoms with Crippen LogP contribution in [0.4, 0.5) is 0 Å². The van der Waals surface area contributed by atoms with Crippen LogP contribution < -0.4 is 4.74 Å². The van der Waals surface area contributed by atoms with E-state index in [1.54, 1.807) is 12.1 Å². The molecule has 0 radical (unpaired) electrons. The Labute approximate surface area is 177 Å². The molecule has 0 aliphatic carbocycles. The predicted octanol–water partition coefficient (Wildman–Crippen LogP) is 4.74. The molecule has 150 valence electrons. The number of allylic oxidation sites excluding steroid dienone is 1. The van der Waals surface area contributed by atoms with Crippen molar-refractivity contribution in [2.45, 2.75) is 0 Å². The Morgan fingerprint density at radius 1 is 1.10 bits per heavy atom. The van der Waals surface area contributed by atoms with Gasteiger partial charge >= 0.3 is 0 Å². The van der Waals surface area contributed by atoms with E-state index in [-0.39, 0.29) is 28.6 Å². The molecule has 0 atom stereocenters. The van der Waals surface area contributed by atoms with E-state index in [0.717, 1.165) is 33.7 Å². The molecule has 1 aliphatic heterocycles. The minimum Gasteiger partial charge on any atom is -0.508 e. The third kappa shape index (κ3) is 2.92. The monoisotopic (exact) mass is 408 g/mol. The molecular formula is C25H16N2O4. The van der Waals surface area contributed by atoms with Gasteiger partial charge in [0, 0.05) is 41.8 Å². The summed E-state index contributed by atoms with van der Waals surface area (Å²) in [6, 6.07) is 17.8. The van der Waals surface area contributed by atoms with E-state index in [2.05, 4.69) is 6.07 Å². The lowest BCUT2D eigenvalue weighted by atomic mass is 9.97. The van der Waals surface area contributed by atoms with E-state index >= 15 is 0 Å². The van der Waals surface area contributed by atoms with Gasteiger partial charge in [-0.1, -0.05) is 24.3 Å². The first-order valence-electron chi connectivity index (χ1n) is 9.55. The largest absolute Gasteiger partial charge is 0.508 e. The van der Waals surface area contributed by atoms with Crippen LogP contribution in [0.3, 0.4) is 0 Å². The van der Waals surface area contributed by atoms with Gasteiger partial charge in [0.05, 0.1) is 11.6 Å². The van der Waals surface area contributed by atoms with Crippen LogP contribution in [0.2, 0.25) is 0 Å². The number of aromatic hydroxyl groups is 2. The maximum atomic E-state index is 12.8. The number of aromatic nitrogens is 1. The number of benzene rings is 3. The summed E-state index contributed by atoms with van der Waals surface area (Å²) in [4.78, 5) is 12.8. The van der Waals surface area contributed by atoms with Gasteiger partial charge in [0.2, 0.25) is 5.78 Å². The van der Waals surface area contributed by atoms with Gasteiger partial charge in [-0.15, -0.1) is 0 Å². The number of ether oxygens (including phenoxy) is 1. The Morgan fingerprint density at radius 2 is 1.90 bits per heavy atom. The van der Waals surface area contributed by atoms with Crippen molar-refractivity contribution in [2.75, 3.05) is 0 Å². The van der Waals surface area contributed by atoms with Gasteiger partial charge in [0.15, 0.2) is 5.76 Å². The number of hydrogen-bond donors (Lipinski definition) is 2. The number of ketones is 1. The van der Waals surface area contributed by atoms with Crippen LogP contribution >= 0.6 is 0 Å². The Hall–Kier alpha value is -4.50. The molecule has 2 N–H and O–H groups in total. The summed E-state index contributed by atoms with van der Waals surface area (Å²) < 4.78 is 7.62. The first kappa shape index (κ1) is 18.5. The standard InChI is InChI=1S/C25H16N2O4/c1-27-13-16(9-22-25(30)24-20(29)10-17(28)11-21(24)31-22)23-18(6-3-7-19(23)27)15-5-2-4-14(8-15)12-26/h2-11,13,28-29H,1H3/b22-9-. The van der Waals surface area contributed by atoms with Crippen LogP contribution in [0.15, 0.2) is 66.6 Å². The lowest BCUT2D eigenvalue weighted by Gasteiger charge is -2.07. The molecule has 0 spiro atoms. The number of phenolic OH excluding ortho intramolecular Hbond substituents is 2. The topological polar surface area (TPSA) is 95.5 Å². The van der Waals surface area contributed by atoms with Gasteiger partial charge < -0.3 is 19.5 Å². The molecule has 6 heteroatoms. The highest BCUT2D eigenvalue weighted by Crippen LogP contribution is 2.41. The Morgan fingerprint density at radius 3 is 2.71 bits per heavy atom. The number of carbonyl (C=O) groups is 1. The fourth-order valence-electron chi connectivity index (χ4n) is 4.01. The molecule has 0 saturated heterocycles. The molecular weight excluding hydrogens is 392 g/mol. The van der Waals surface area contributed by atoms with E-state index in [1.807, 2.05) is 54.2 Å². The van der Waals surface area contributed by atoms with Gasteiger partial charge in [-0.05, 0) is 35.4 Å². The summed E-state index contributed by atoms with van der Waals surface area (Å²) in [5, 5.41) is 29.9. The third-order valence-electron chi connectivity index (χ3n) is 5.37. The summed E-state index contributed by atoms with van der Waals surface area (Å²) in [6.07, 6.45) is 3.53. The molecule has 31 heavy (non-hydrogen) atoms. The molecule has 0 amide bonds. The Bertz CT molecular complexity index is 1470. The highest BCUT2D eigenvalue weighted by atomic mass is 16.5. The lowest BCUT2D eigenvalue weighted by Crippen LogP contribution is -1.98. The first-order valence-corrected chi connectivity index (χ1v) is 9.55. The van der Waals surface area contributed by atoms with Crippen molar-refractivity contribution in [3.05, 3.63) is 83.2 Å².